The SMILES string of the molecule is O=C(O)c1nnc2ccccc2c1N1CC(O)C(O)C1. The van der Waals surface area contributed by atoms with E-state index < -0.39 is 18.2 Å². The molecule has 0 spiro atoms. The summed E-state index contributed by atoms with van der Waals surface area (Å²) in [6, 6.07) is 7.06. The molecule has 7 nitrogen and oxygen atoms in total. The monoisotopic (exact) mass is 275 g/mol. The van der Waals surface area contributed by atoms with Gasteiger partial charge in [0.05, 0.1) is 23.4 Å². The molecule has 20 heavy (non-hydrogen) atoms. The predicted octanol–water partition coefficient (Wildman–Crippen LogP) is -0.130. The van der Waals surface area contributed by atoms with Gasteiger partial charge in [0, 0.05) is 18.5 Å². The maximum Gasteiger partial charge on any atom is 0.358 e. The summed E-state index contributed by atoms with van der Waals surface area (Å²) in [5.74, 6) is -1.19. The Hall–Kier alpha value is -2.25. The lowest BCUT2D eigenvalue weighted by molar-refractivity contribution is 0.0572. The Kier molecular flexibility index (Phi) is 3.00. The van der Waals surface area contributed by atoms with Crippen molar-refractivity contribution < 1.29 is 20.1 Å². The molecule has 1 saturated heterocycles. The highest BCUT2D eigenvalue weighted by Gasteiger charge is 2.33. The second-order valence-electron chi connectivity index (χ2n) is 4.76. The maximum absolute atomic E-state index is 11.3. The van der Waals surface area contributed by atoms with E-state index in [1.807, 2.05) is 0 Å². The number of β-amino-alcohol motifs (C(OH)–C–C–N with tert-alkyl or cyclic N) is 2. The number of aliphatic hydroxyl groups excluding tert-OH is 2. The third-order valence-electron chi connectivity index (χ3n) is 3.42. The number of carboxylic acids is 1. The van der Waals surface area contributed by atoms with Crippen LogP contribution in [0.4, 0.5) is 5.69 Å². The van der Waals surface area contributed by atoms with Crippen molar-refractivity contribution in [1.82, 2.24) is 10.2 Å². The first-order valence-corrected chi connectivity index (χ1v) is 6.17. The summed E-state index contributed by atoms with van der Waals surface area (Å²) >= 11 is 0. The average molecular weight is 275 g/mol. The van der Waals surface area contributed by atoms with Crippen LogP contribution in [0, 0.1) is 0 Å². The number of carbonyl (C=O) groups is 1. The largest absolute Gasteiger partial charge is 0.476 e. The molecule has 0 radical (unpaired) electrons. The van der Waals surface area contributed by atoms with Gasteiger partial charge in [0.25, 0.3) is 0 Å². The van der Waals surface area contributed by atoms with Crippen LogP contribution in [0.1, 0.15) is 10.5 Å². The zero-order chi connectivity index (χ0) is 14.3. The minimum absolute atomic E-state index is 0.164. The Labute approximate surface area is 114 Å². The Morgan fingerprint density at radius 3 is 2.45 bits per heavy atom. The quantitative estimate of drug-likeness (QED) is 0.700. The molecule has 1 fully saturated rings. The first-order valence-electron chi connectivity index (χ1n) is 6.17. The molecule has 104 valence electrons. The minimum Gasteiger partial charge on any atom is -0.476 e. The lowest BCUT2D eigenvalue weighted by Crippen LogP contribution is -2.25. The second-order valence-corrected chi connectivity index (χ2v) is 4.76. The first-order chi connectivity index (χ1) is 9.58. The molecule has 1 aromatic carbocycles. The van der Waals surface area contributed by atoms with Crippen molar-refractivity contribution in [3.8, 4) is 0 Å². The van der Waals surface area contributed by atoms with Crippen molar-refractivity contribution in [2.24, 2.45) is 0 Å². The highest BCUT2D eigenvalue weighted by Crippen LogP contribution is 2.30. The first kappa shape index (κ1) is 12.8. The molecule has 2 atom stereocenters. The van der Waals surface area contributed by atoms with Gasteiger partial charge in [0.1, 0.15) is 0 Å². The van der Waals surface area contributed by atoms with Crippen LogP contribution < -0.4 is 4.90 Å². The van der Waals surface area contributed by atoms with E-state index in [0.717, 1.165) is 0 Å². The summed E-state index contributed by atoms with van der Waals surface area (Å²) < 4.78 is 0. The summed E-state index contributed by atoms with van der Waals surface area (Å²) in [6.07, 6.45) is -1.80. The number of rotatable bonds is 2. The Bertz CT molecular complexity index is 666. The van der Waals surface area contributed by atoms with Crippen LogP contribution in [-0.4, -0.2) is 56.8 Å². The van der Waals surface area contributed by atoms with Crippen molar-refractivity contribution in [2.75, 3.05) is 18.0 Å². The van der Waals surface area contributed by atoms with Crippen LogP contribution in [-0.2, 0) is 0 Å². The third-order valence-corrected chi connectivity index (χ3v) is 3.42. The Morgan fingerprint density at radius 1 is 1.15 bits per heavy atom. The number of carboxylic acid groups (broad SMARTS) is 1. The predicted molar refractivity (Wildman–Crippen MR) is 70.7 cm³/mol. The van der Waals surface area contributed by atoms with Crippen LogP contribution in [0.3, 0.4) is 0 Å². The lowest BCUT2D eigenvalue weighted by atomic mass is 10.1. The molecule has 3 rings (SSSR count). The number of aliphatic hydroxyl groups is 2. The van der Waals surface area contributed by atoms with Gasteiger partial charge in [-0.1, -0.05) is 18.2 Å². The van der Waals surface area contributed by atoms with Gasteiger partial charge in [-0.15, -0.1) is 10.2 Å². The van der Waals surface area contributed by atoms with Gasteiger partial charge in [-0.3, -0.25) is 0 Å². The van der Waals surface area contributed by atoms with Crippen molar-refractivity contribution in [3.63, 3.8) is 0 Å². The molecular formula is C13H13N3O4. The zero-order valence-electron chi connectivity index (χ0n) is 10.5. The molecule has 2 heterocycles. The summed E-state index contributed by atoms with van der Waals surface area (Å²) in [7, 11) is 0. The van der Waals surface area contributed by atoms with Gasteiger partial charge < -0.3 is 20.2 Å². The highest BCUT2D eigenvalue weighted by atomic mass is 16.4. The van der Waals surface area contributed by atoms with E-state index in [1.54, 1.807) is 29.2 Å². The molecule has 1 aliphatic rings. The minimum atomic E-state index is -1.19. The zero-order valence-corrected chi connectivity index (χ0v) is 10.5. The molecule has 0 amide bonds. The van der Waals surface area contributed by atoms with E-state index in [4.69, 9.17) is 0 Å². The number of aromatic nitrogens is 2. The smallest absolute Gasteiger partial charge is 0.358 e. The van der Waals surface area contributed by atoms with E-state index in [9.17, 15) is 20.1 Å². The lowest BCUT2D eigenvalue weighted by Gasteiger charge is -2.20. The van der Waals surface area contributed by atoms with Crippen molar-refractivity contribution >= 4 is 22.6 Å². The molecule has 0 saturated carbocycles. The summed E-state index contributed by atoms with van der Waals surface area (Å²) in [5.41, 5.74) is 0.784. The molecule has 2 unspecified atom stereocenters. The van der Waals surface area contributed by atoms with Crippen LogP contribution in [0.15, 0.2) is 24.3 Å². The highest BCUT2D eigenvalue weighted by molar-refractivity contribution is 6.02. The fraction of sp³-hybridized carbons (Fsp3) is 0.308. The summed E-state index contributed by atoms with van der Waals surface area (Å²) in [6.45, 7) is 0.328. The fourth-order valence-electron chi connectivity index (χ4n) is 2.46. The van der Waals surface area contributed by atoms with Gasteiger partial charge in [-0.25, -0.2) is 4.79 Å². The average Bonchev–Trinajstić information content (AvgIpc) is 2.77. The Balaban J connectivity index is 2.20. The van der Waals surface area contributed by atoms with E-state index in [2.05, 4.69) is 10.2 Å². The number of anilines is 1. The van der Waals surface area contributed by atoms with Crippen molar-refractivity contribution in [1.29, 1.82) is 0 Å². The van der Waals surface area contributed by atoms with Gasteiger partial charge in [-0.2, -0.15) is 0 Å². The number of aromatic carboxylic acids is 1. The van der Waals surface area contributed by atoms with E-state index in [0.29, 0.717) is 16.6 Å². The summed E-state index contributed by atoms with van der Waals surface area (Å²) in [4.78, 5) is 13.0. The molecule has 2 aromatic rings. The number of nitrogens with zero attached hydrogens (tertiary/aromatic N) is 3. The van der Waals surface area contributed by atoms with Gasteiger partial charge in [-0.05, 0) is 6.07 Å². The van der Waals surface area contributed by atoms with Crippen LogP contribution >= 0.6 is 0 Å². The van der Waals surface area contributed by atoms with Crippen LogP contribution in [0.5, 0.6) is 0 Å². The molecule has 7 heteroatoms. The molecule has 0 bridgehead atoms. The molecular weight excluding hydrogens is 262 g/mol. The van der Waals surface area contributed by atoms with Crippen LogP contribution in [0.25, 0.3) is 10.9 Å². The van der Waals surface area contributed by atoms with Gasteiger partial charge >= 0.3 is 5.97 Å². The van der Waals surface area contributed by atoms with Gasteiger partial charge in [0.15, 0.2) is 5.69 Å². The topological polar surface area (TPSA) is 107 Å². The molecule has 1 aliphatic heterocycles. The fourth-order valence-corrected chi connectivity index (χ4v) is 2.46. The maximum atomic E-state index is 11.3. The van der Waals surface area contributed by atoms with Crippen LogP contribution in [0.2, 0.25) is 0 Å². The second kappa shape index (κ2) is 4.69. The Morgan fingerprint density at radius 2 is 1.80 bits per heavy atom. The standard InChI is InChI=1S/C13H13N3O4/c17-9-5-16(6-10(9)18)12-7-3-1-2-4-8(7)14-15-11(12)13(19)20/h1-4,9-10,17-18H,5-6H2,(H,19,20). The van der Waals surface area contributed by atoms with Crippen molar-refractivity contribution in [3.05, 3.63) is 30.0 Å². The third kappa shape index (κ3) is 1.97. The van der Waals surface area contributed by atoms with Crippen molar-refractivity contribution in [2.45, 2.75) is 12.2 Å². The van der Waals surface area contributed by atoms with E-state index in [1.165, 1.54) is 0 Å². The molecule has 1 aromatic heterocycles. The number of hydrogen-bond acceptors (Lipinski definition) is 6. The van der Waals surface area contributed by atoms with E-state index >= 15 is 0 Å². The van der Waals surface area contributed by atoms with E-state index in [-0.39, 0.29) is 18.8 Å². The normalized spacial score (nSPS) is 22.4. The molecule has 3 N–H and O–H groups in total. The number of hydrogen-bond donors (Lipinski definition) is 3. The summed E-state index contributed by atoms with van der Waals surface area (Å²) in [5, 5.41) is 36.9. The molecule has 0 aliphatic carbocycles. The number of fused-ring (bicyclic) bond motifs is 1. The number of benzene rings is 1. The van der Waals surface area contributed by atoms with Gasteiger partial charge in [0.2, 0.25) is 0 Å².